The SMILES string of the molecule is CC/C=C\C/C=C\C/C=C\C/C=C\C/C=C\CCCCCCCCCCCC(=O)OCC(O)COP(=O)(O)OCC(O)COP(=O)(O)OCC(COC(=O)CCCCCCCCCCC/C=C\C/C=C\C/C=C\C/C=C\CCCCC)OC(=O)CCCCCCC/C=C\C/C=C\C/C=C\C/C=C\CCCCC. The van der Waals surface area contributed by atoms with Gasteiger partial charge in [0.05, 0.1) is 26.4 Å². The van der Waals surface area contributed by atoms with Crippen molar-refractivity contribution >= 4 is 33.6 Å². The van der Waals surface area contributed by atoms with Crippen molar-refractivity contribution in [2.24, 2.45) is 0 Å². The summed E-state index contributed by atoms with van der Waals surface area (Å²) < 4.78 is 61.3. The summed E-state index contributed by atoms with van der Waals surface area (Å²) in [5.74, 6) is -1.61. The van der Waals surface area contributed by atoms with Crippen LogP contribution in [0.5, 0.6) is 0 Å². The summed E-state index contributed by atoms with van der Waals surface area (Å²) >= 11 is 0. The Morgan fingerprint density at radius 2 is 0.495 bits per heavy atom. The van der Waals surface area contributed by atoms with Crippen LogP contribution in [0.25, 0.3) is 0 Å². The predicted octanol–water partition coefficient (Wildman–Crippen LogP) is 25.0. The maximum Gasteiger partial charge on any atom is 0.472 e. The molecule has 5 unspecified atom stereocenters. The first-order valence-corrected chi connectivity index (χ1v) is 44.8. The lowest BCUT2D eigenvalue weighted by Gasteiger charge is -2.21. The number of ether oxygens (including phenoxy) is 3. The average Bonchev–Trinajstić information content (AvgIpc) is 0.904. The minimum Gasteiger partial charge on any atom is -0.463 e. The minimum absolute atomic E-state index is 0.0775. The van der Waals surface area contributed by atoms with Gasteiger partial charge < -0.3 is 34.2 Å². The molecular formula is C89H150O16P2. The molecule has 0 aromatic rings. The molecule has 0 aromatic carbocycles. The molecule has 0 rings (SSSR count). The molecule has 4 N–H and O–H groups in total. The lowest BCUT2D eigenvalue weighted by atomic mass is 10.1. The number of carbonyl (C=O) groups excluding carboxylic acids is 3. The van der Waals surface area contributed by atoms with E-state index in [0.717, 1.165) is 173 Å². The average molecular weight is 1540 g/mol. The molecule has 0 bridgehead atoms. The Hall–Kier alpha value is -4.83. The van der Waals surface area contributed by atoms with E-state index in [1.807, 2.05) is 0 Å². The molecule has 0 spiro atoms. The van der Waals surface area contributed by atoms with Crippen LogP contribution >= 0.6 is 15.6 Å². The second-order valence-corrected chi connectivity index (χ2v) is 30.4. The van der Waals surface area contributed by atoms with Crippen LogP contribution in [0.3, 0.4) is 0 Å². The number of hydrogen-bond acceptors (Lipinski definition) is 14. The van der Waals surface area contributed by atoms with E-state index in [2.05, 4.69) is 179 Å². The molecule has 18 heteroatoms. The molecule has 0 saturated carbocycles. The van der Waals surface area contributed by atoms with Gasteiger partial charge >= 0.3 is 33.6 Å². The van der Waals surface area contributed by atoms with Gasteiger partial charge in [-0.15, -0.1) is 0 Å². The molecule has 0 aliphatic heterocycles. The Morgan fingerprint density at radius 3 is 0.785 bits per heavy atom. The number of rotatable bonds is 78. The Bertz CT molecular complexity index is 2580. The van der Waals surface area contributed by atoms with E-state index in [9.17, 15) is 43.5 Å². The molecule has 0 radical (unpaired) electrons. The monoisotopic (exact) mass is 1540 g/mol. The predicted molar refractivity (Wildman–Crippen MR) is 445 cm³/mol. The van der Waals surface area contributed by atoms with Gasteiger partial charge in [0.15, 0.2) is 6.10 Å². The zero-order valence-electron chi connectivity index (χ0n) is 67.0. The molecule has 16 nitrogen and oxygen atoms in total. The van der Waals surface area contributed by atoms with Crippen molar-refractivity contribution in [1.29, 1.82) is 0 Å². The molecule has 612 valence electrons. The highest BCUT2D eigenvalue weighted by atomic mass is 31.2. The zero-order valence-corrected chi connectivity index (χ0v) is 68.8. The van der Waals surface area contributed by atoms with E-state index in [0.29, 0.717) is 19.3 Å². The fraction of sp³-hybridized carbons (Fsp3) is 0.674. The van der Waals surface area contributed by atoms with Crippen LogP contribution < -0.4 is 0 Å². The third kappa shape index (κ3) is 82.0. The quantitative estimate of drug-likeness (QED) is 0.0146. The van der Waals surface area contributed by atoms with Crippen molar-refractivity contribution < 1.29 is 75.8 Å². The molecule has 5 atom stereocenters. The highest BCUT2D eigenvalue weighted by Crippen LogP contribution is 2.45. The number of aliphatic hydroxyl groups excluding tert-OH is 2. The summed E-state index contributed by atoms with van der Waals surface area (Å²) in [6.07, 6.45) is 101. The van der Waals surface area contributed by atoms with Crippen LogP contribution in [0.4, 0.5) is 0 Å². The number of hydrogen-bond donors (Lipinski definition) is 4. The molecule has 0 fully saturated rings. The third-order valence-electron chi connectivity index (χ3n) is 17.2. The zero-order chi connectivity index (χ0) is 78.0. The molecule has 0 aliphatic rings. The van der Waals surface area contributed by atoms with Crippen molar-refractivity contribution in [3.63, 3.8) is 0 Å². The Labute approximate surface area is 650 Å². The van der Waals surface area contributed by atoms with Crippen molar-refractivity contribution in [2.75, 3.05) is 39.6 Å². The van der Waals surface area contributed by atoms with Crippen LogP contribution in [0.1, 0.15) is 329 Å². The lowest BCUT2D eigenvalue weighted by Crippen LogP contribution is -2.30. The number of unbranched alkanes of at least 4 members (excludes halogenated alkanes) is 29. The van der Waals surface area contributed by atoms with Gasteiger partial charge in [-0.3, -0.25) is 32.5 Å². The number of esters is 3. The number of aliphatic hydroxyl groups is 2. The van der Waals surface area contributed by atoms with Gasteiger partial charge in [-0.25, -0.2) is 9.13 Å². The van der Waals surface area contributed by atoms with Crippen LogP contribution in [0, 0.1) is 0 Å². The molecule has 0 aliphatic carbocycles. The summed E-state index contributed by atoms with van der Waals surface area (Å²) in [5, 5.41) is 20.7. The third-order valence-corrected chi connectivity index (χ3v) is 19.1. The second-order valence-electron chi connectivity index (χ2n) is 27.5. The second kappa shape index (κ2) is 80.7. The highest BCUT2D eigenvalue weighted by Gasteiger charge is 2.29. The van der Waals surface area contributed by atoms with Gasteiger partial charge in [0, 0.05) is 19.3 Å². The van der Waals surface area contributed by atoms with Gasteiger partial charge in [0.2, 0.25) is 0 Å². The molecule has 0 amide bonds. The molecule has 0 heterocycles. The first-order valence-electron chi connectivity index (χ1n) is 41.8. The fourth-order valence-electron chi connectivity index (χ4n) is 10.9. The van der Waals surface area contributed by atoms with Gasteiger partial charge in [-0.1, -0.05) is 314 Å². The van der Waals surface area contributed by atoms with E-state index >= 15 is 0 Å². The van der Waals surface area contributed by atoms with Crippen molar-refractivity contribution in [3.05, 3.63) is 158 Å². The van der Waals surface area contributed by atoms with Gasteiger partial charge in [0.1, 0.15) is 25.4 Å². The summed E-state index contributed by atoms with van der Waals surface area (Å²) in [4.78, 5) is 58.8. The molecular weight excluding hydrogens is 1390 g/mol. The Balaban J connectivity index is 4.71. The van der Waals surface area contributed by atoms with E-state index < -0.39 is 91.5 Å². The van der Waals surface area contributed by atoms with Crippen molar-refractivity contribution in [1.82, 2.24) is 0 Å². The van der Waals surface area contributed by atoms with Gasteiger partial charge in [0.25, 0.3) is 0 Å². The maximum absolute atomic E-state index is 13.0. The van der Waals surface area contributed by atoms with Gasteiger partial charge in [-0.2, -0.15) is 0 Å². The summed E-state index contributed by atoms with van der Waals surface area (Å²) in [7, 11) is -9.82. The number of allylic oxidation sites excluding steroid dienone is 26. The largest absolute Gasteiger partial charge is 0.472 e. The topological polar surface area (TPSA) is 231 Å². The number of phosphoric acid groups is 2. The first-order chi connectivity index (χ1) is 52.2. The Morgan fingerprint density at radius 1 is 0.271 bits per heavy atom. The van der Waals surface area contributed by atoms with E-state index in [4.69, 9.17) is 32.3 Å². The summed E-state index contributed by atoms with van der Waals surface area (Å²) in [6.45, 7) is 2.49. The molecule has 107 heavy (non-hydrogen) atoms. The smallest absolute Gasteiger partial charge is 0.463 e. The number of phosphoric ester groups is 2. The minimum atomic E-state index is -4.95. The first kappa shape index (κ1) is 102. The maximum atomic E-state index is 13.0. The van der Waals surface area contributed by atoms with E-state index in [1.54, 1.807) is 0 Å². The fourth-order valence-corrected chi connectivity index (χ4v) is 12.4. The number of carbonyl (C=O) groups is 3. The lowest BCUT2D eigenvalue weighted by molar-refractivity contribution is -0.161. The van der Waals surface area contributed by atoms with Gasteiger partial charge in [-0.05, 0) is 154 Å². The normalized spacial score (nSPS) is 14.7. The van der Waals surface area contributed by atoms with E-state index in [1.165, 1.54) is 96.3 Å². The van der Waals surface area contributed by atoms with Crippen LogP contribution in [0.2, 0.25) is 0 Å². The highest BCUT2D eigenvalue weighted by molar-refractivity contribution is 7.47. The summed E-state index contributed by atoms with van der Waals surface area (Å²) in [5.41, 5.74) is 0. The van der Waals surface area contributed by atoms with Crippen LogP contribution in [0.15, 0.2) is 158 Å². The standard InChI is InChI=1S/C89H150O16P2/c1-4-7-10-13-16-19-22-25-28-31-34-37-39-41-43-46-48-51-54-57-60-63-66-69-72-75-87(92)99-78-84(90)79-101-106(95,96)102-80-85(91)81-103-107(97,98)104-83-86(105-89(94)77-74-71-68-65-62-59-56-53-50-45-36-33-30-27-24-21-18-15-12-9-6-3)82-100-88(93)76-73-70-67-64-61-58-55-52-49-47-44-42-40-38-35-32-29-26-23-20-17-14-11-8-5-2/h7,10,16-21,25-30,34-38,41-45,53,56,84-86,90-91H,4-6,8-9,11-15,22-24,31-33,39-40,46-52,54-55,57-83H2,1-3H3,(H,95,96)(H,97,98)/b10-7-,19-16-,20-17-,21-18-,28-25-,29-26-,30-27-,37-34-,38-35-,43-41-,44-42-,45-36-,56-53-. The van der Waals surface area contributed by atoms with E-state index in [-0.39, 0.29) is 19.3 Å². The van der Waals surface area contributed by atoms with Crippen LogP contribution in [-0.4, -0.2) is 95.9 Å². The van der Waals surface area contributed by atoms with Crippen molar-refractivity contribution in [3.8, 4) is 0 Å². The van der Waals surface area contributed by atoms with Crippen molar-refractivity contribution in [2.45, 2.75) is 347 Å². The Kier molecular flexibility index (Phi) is 77.0. The molecule has 0 saturated heterocycles. The summed E-state index contributed by atoms with van der Waals surface area (Å²) in [6, 6.07) is 0. The molecule has 0 aromatic heterocycles. The van der Waals surface area contributed by atoms with Crippen LogP contribution in [-0.2, 0) is 55.8 Å².